The molecular formula is C21H21N3O7. The fourth-order valence-corrected chi connectivity index (χ4v) is 2.43. The predicted molar refractivity (Wildman–Crippen MR) is 111 cm³/mol. The van der Waals surface area contributed by atoms with Crippen LogP contribution in [0.25, 0.3) is 0 Å². The summed E-state index contributed by atoms with van der Waals surface area (Å²) < 4.78 is 4.95. The van der Waals surface area contributed by atoms with Crippen molar-refractivity contribution in [3.05, 3.63) is 69.8 Å². The van der Waals surface area contributed by atoms with E-state index in [2.05, 4.69) is 10.6 Å². The van der Waals surface area contributed by atoms with Gasteiger partial charge in [0.25, 0.3) is 11.6 Å². The smallest absolute Gasteiger partial charge is 0.328 e. The SMILES string of the molecule is CCC(=O)Nc1ccc(C(=O)COC(=O)C(C)NC(=O)c2cccc([N+](=O)[O-])c2)cc1. The zero-order valence-corrected chi connectivity index (χ0v) is 16.9. The summed E-state index contributed by atoms with van der Waals surface area (Å²) >= 11 is 0. The van der Waals surface area contributed by atoms with Gasteiger partial charge in [0.2, 0.25) is 5.91 Å². The van der Waals surface area contributed by atoms with Crippen molar-refractivity contribution in [3.63, 3.8) is 0 Å². The number of Topliss-reactive ketones (excluding diaryl/α,β-unsaturated/α-hetero) is 1. The van der Waals surface area contributed by atoms with E-state index in [9.17, 15) is 29.3 Å². The molecule has 0 aliphatic heterocycles. The van der Waals surface area contributed by atoms with Gasteiger partial charge in [-0.3, -0.25) is 24.5 Å². The maximum Gasteiger partial charge on any atom is 0.328 e. The topological polar surface area (TPSA) is 145 Å². The third-order valence-corrected chi connectivity index (χ3v) is 4.18. The van der Waals surface area contributed by atoms with Gasteiger partial charge < -0.3 is 15.4 Å². The van der Waals surface area contributed by atoms with E-state index >= 15 is 0 Å². The number of rotatable bonds is 9. The molecule has 162 valence electrons. The summed E-state index contributed by atoms with van der Waals surface area (Å²) in [4.78, 5) is 58.0. The standard InChI is InChI=1S/C21H21N3O7/c1-3-19(26)23-16-9-7-14(8-10-16)18(25)12-31-21(28)13(2)22-20(27)15-5-4-6-17(11-15)24(29)30/h4-11,13H,3,12H2,1-2H3,(H,22,27)(H,23,26). The number of ether oxygens (including phenoxy) is 1. The van der Waals surface area contributed by atoms with Crippen molar-refractivity contribution in [1.29, 1.82) is 0 Å². The van der Waals surface area contributed by atoms with Gasteiger partial charge in [-0.2, -0.15) is 0 Å². The van der Waals surface area contributed by atoms with E-state index in [0.29, 0.717) is 12.1 Å². The van der Waals surface area contributed by atoms with Crippen LogP contribution in [0.2, 0.25) is 0 Å². The lowest BCUT2D eigenvalue weighted by Gasteiger charge is -2.13. The molecule has 10 heteroatoms. The molecule has 0 heterocycles. The summed E-state index contributed by atoms with van der Waals surface area (Å²) in [7, 11) is 0. The quantitative estimate of drug-likeness (QED) is 0.271. The molecular weight excluding hydrogens is 406 g/mol. The molecule has 1 atom stereocenters. The van der Waals surface area contributed by atoms with E-state index in [1.807, 2.05) is 0 Å². The van der Waals surface area contributed by atoms with Crippen LogP contribution >= 0.6 is 0 Å². The monoisotopic (exact) mass is 427 g/mol. The predicted octanol–water partition coefficient (Wildman–Crippen LogP) is 2.49. The van der Waals surface area contributed by atoms with Crippen LogP contribution in [0.4, 0.5) is 11.4 Å². The number of nitro benzene ring substituents is 1. The third-order valence-electron chi connectivity index (χ3n) is 4.18. The van der Waals surface area contributed by atoms with Crippen LogP contribution in [0, 0.1) is 10.1 Å². The second-order valence-corrected chi connectivity index (χ2v) is 6.51. The van der Waals surface area contributed by atoms with Crippen LogP contribution in [-0.4, -0.2) is 41.1 Å². The van der Waals surface area contributed by atoms with Crippen LogP contribution in [0.1, 0.15) is 41.0 Å². The van der Waals surface area contributed by atoms with Crippen LogP contribution in [0.3, 0.4) is 0 Å². The molecule has 0 aliphatic rings. The highest BCUT2D eigenvalue weighted by atomic mass is 16.6. The minimum absolute atomic E-state index is 0.0141. The largest absolute Gasteiger partial charge is 0.456 e. The van der Waals surface area contributed by atoms with Gasteiger partial charge >= 0.3 is 5.97 Å². The molecule has 0 aromatic heterocycles. The number of carbonyl (C=O) groups is 4. The molecule has 2 amide bonds. The number of non-ortho nitro benzene ring substituents is 1. The molecule has 0 aliphatic carbocycles. The maximum atomic E-state index is 12.2. The minimum Gasteiger partial charge on any atom is -0.456 e. The number of esters is 1. The Bertz CT molecular complexity index is 1000. The third kappa shape index (κ3) is 6.74. The zero-order chi connectivity index (χ0) is 23.0. The van der Waals surface area contributed by atoms with Crippen LogP contribution < -0.4 is 10.6 Å². The van der Waals surface area contributed by atoms with Gasteiger partial charge in [-0.05, 0) is 37.3 Å². The summed E-state index contributed by atoms with van der Waals surface area (Å²) in [5, 5.41) is 15.8. The van der Waals surface area contributed by atoms with E-state index in [1.165, 1.54) is 37.3 Å². The van der Waals surface area contributed by atoms with Crippen molar-refractivity contribution in [2.75, 3.05) is 11.9 Å². The van der Waals surface area contributed by atoms with Gasteiger partial charge in [-0.25, -0.2) is 4.79 Å². The van der Waals surface area contributed by atoms with Gasteiger partial charge in [-0.15, -0.1) is 0 Å². The first-order valence-electron chi connectivity index (χ1n) is 9.36. The van der Waals surface area contributed by atoms with Crippen molar-refractivity contribution in [1.82, 2.24) is 5.32 Å². The minimum atomic E-state index is -1.08. The lowest BCUT2D eigenvalue weighted by molar-refractivity contribution is -0.384. The van der Waals surface area contributed by atoms with Gasteiger partial charge in [0, 0.05) is 35.4 Å². The van der Waals surface area contributed by atoms with Crippen LogP contribution in [-0.2, 0) is 14.3 Å². The lowest BCUT2D eigenvalue weighted by atomic mass is 10.1. The summed E-state index contributed by atoms with van der Waals surface area (Å²) in [6.07, 6.45) is 0.326. The molecule has 10 nitrogen and oxygen atoms in total. The fraction of sp³-hybridized carbons (Fsp3) is 0.238. The number of ketones is 1. The second-order valence-electron chi connectivity index (χ2n) is 6.51. The molecule has 0 saturated carbocycles. The first-order chi connectivity index (χ1) is 14.7. The van der Waals surface area contributed by atoms with E-state index in [-0.39, 0.29) is 22.7 Å². The fourth-order valence-electron chi connectivity index (χ4n) is 2.43. The Hall–Kier alpha value is -4.08. The number of amides is 2. The summed E-state index contributed by atoms with van der Waals surface area (Å²) in [6, 6.07) is 10.1. The van der Waals surface area contributed by atoms with Gasteiger partial charge in [0.15, 0.2) is 12.4 Å². The molecule has 0 saturated heterocycles. The highest BCUT2D eigenvalue weighted by molar-refractivity contribution is 6.00. The molecule has 2 rings (SSSR count). The van der Waals surface area contributed by atoms with Gasteiger partial charge in [0.1, 0.15) is 6.04 Å². The Labute approximate surface area is 177 Å². The molecule has 0 fully saturated rings. The Kier molecular flexibility index (Phi) is 7.95. The molecule has 2 aromatic rings. The maximum absolute atomic E-state index is 12.2. The van der Waals surface area contributed by atoms with Crippen molar-refractivity contribution < 1.29 is 28.8 Å². The lowest BCUT2D eigenvalue weighted by Crippen LogP contribution is -2.40. The molecule has 0 bridgehead atoms. The van der Waals surface area contributed by atoms with E-state index in [0.717, 1.165) is 6.07 Å². The molecule has 1 unspecified atom stereocenters. The highest BCUT2D eigenvalue weighted by Crippen LogP contribution is 2.13. The van der Waals surface area contributed by atoms with Crippen molar-refractivity contribution >= 4 is 34.9 Å². The Morgan fingerprint density at radius 1 is 1.06 bits per heavy atom. The number of benzene rings is 2. The summed E-state index contributed by atoms with van der Waals surface area (Å²) in [5.41, 5.74) is 0.586. The average Bonchev–Trinajstić information content (AvgIpc) is 2.77. The van der Waals surface area contributed by atoms with E-state index < -0.39 is 35.2 Å². The van der Waals surface area contributed by atoms with E-state index in [4.69, 9.17) is 4.74 Å². The molecule has 0 spiro atoms. The number of anilines is 1. The normalized spacial score (nSPS) is 11.2. The Morgan fingerprint density at radius 2 is 1.74 bits per heavy atom. The number of carbonyl (C=O) groups excluding carboxylic acids is 4. The van der Waals surface area contributed by atoms with Crippen molar-refractivity contribution in [3.8, 4) is 0 Å². The van der Waals surface area contributed by atoms with Crippen LogP contribution in [0.5, 0.6) is 0 Å². The molecule has 2 aromatic carbocycles. The van der Waals surface area contributed by atoms with E-state index in [1.54, 1.807) is 19.1 Å². The second kappa shape index (κ2) is 10.6. The number of nitrogens with zero attached hydrogens (tertiary/aromatic N) is 1. The molecule has 31 heavy (non-hydrogen) atoms. The Balaban J connectivity index is 1.87. The summed E-state index contributed by atoms with van der Waals surface area (Å²) in [6.45, 7) is 2.55. The number of nitro groups is 1. The van der Waals surface area contributed by atoms with Crippen molar-refractivity contribution in [2.24, 2.45) is 0 Å². The van der Waals surface area contributed by atoms with Gasteiger partial charge in [0.05, 0.1) is 4.92 Å². The van der Waals surface area contributed by atoms with Crippen molar-refractivity contribution in [2.45, 2.75) is 26.3 Å². The number of hydrogen-bond donors (Lipinski definition) is 2. The zero-order valence-electron chi connectivity index (χ0n) is 16.9. The first-order valence-corrected chi connectivity index (χ1v) is 9.36. The summed E-state index contributed by atoms with van der Waals surface area (Å²) in [5.74, 6) is -2.14. The molecule has 0 radical (unpaired) electrons. The number of nitrogens with one attached hydrogen (secondary N) is 2. The average molecular weight is 427 g/mol. The first kappa shape index (κ1) is 23.2. The van der Waals surface area contributed by atoms with Gasteiger partial charge in [-0.1, -0.05) is 13.0 Å². The number of hydrogen-bond acceptors (Lipinski definition) is 7. The molecule has 2 N–H and O–H groups in total. The van der Waals surface area contributed by atoms with Crippen LogP contribution in [0.15, 0.2) is 48.5 Å². The Morgan fingerprint density at radius 3 is 2.35 bits per heavy atom. The highest BCUT2D eigenvalue weighted by Gasteiger charge is 2.20.